The second-order valence-corrected chi connectivity index (χ2v) is 3.29. The van der Waals surface area contributed by atoms with Crippen LogP contribution in [0.5, 0.6) is 0 Å². The van der Waals surface area contributed by atoms with E-state index in [1.165, 1.54) is 0 Å². The third kappa shape index (κ3) is 2.16. The van der Waals surface area contributed by atoms with E-state index in [4.69, 9.17) is 16.1 Å². The molecule has 5 heteroatoms. The van der Waals surface area contributed by atoms with Gasteiger partial charge in [0.1, 0.15) is 5.69 Å². The average molecular weight is 223 g/mol. The summed E-state index contributed by atoms with van der Waals surface area (Å²) < 4.78 is 4.86. The molecule has 2 aromatic rings. The minimum atomic E-state index is 0.306. The van der Waals surface area contributed by atoms with E-state index in [0.717, 1.165) is 5.56 Å². The molecule has 0 unspecified atom stereocenters. The van der Waals surface area contributed by atoms with E-state index >= 15 is 0 Å². The number of rotatable bonds is 3. The molecule has 0 spiro atoms. The Hall–Kier alpha value is -1.81. The third-order valence-corrected chi connectivity index (χ3v) is 2.07. The van der Waals surface area contributed by atoms with Crippen molar-refractivity contribution in [3.8, 4) is 11.3 Å². The van der Waals surface area contributed by atoms with E-state index in [9.17, 15) is 4.79 Å². The predicted octanol–water partition coefficient (Wildman–Crippen LogP) is 2.56. The van der Waals surface area contributed by atoms with Gasteiger partial charge in [-0.05, 0) is 12.1 Å². The highest BCUT2D eigenvalue weighted by atomic mass is 35.5. The van der Waals surface area contributed by atoms with Gasteiger partial charge in [-0.3, -0.25) is 10.1 Å². The van der Waals surface area contributed by atoms with Gasteiger partial charge in [-0.1, -0.05) is 28.9 Å². The molecule has 0 aliphatic rings. The van der Waals surface area contributed by atoms with Crippen molar-refractivity contribution in [2.75, 3.05) is 5.32 Å². The number of amides is 1. The monoisotopic (exact) mass is 222 g/mol. The van der Waals surface area contributed by atoms with Gasteiger partial charge in [0.25, 0.3) is 0 Å². The van der Waals surface area contributed by atoms with Crippen molar-refractivity contribution in [1.29, 1.82) is 0 Å². The largest absolute Gasteiger partial charge is 0.338 e. The standard InChI is InChI=1S/C10H7ClN2O2/c11-8-3-1-2-7(4-8)9-5-10(12-6-14)15-13-9/h1-6H,(H,12,14). The highest BCUT2D eigenvalue weighted by Gasteiger charge is 2.05. The molecular weight excluding hydrogens is 216 g/mol. The molecule has 4 nitrogen and oxygen atoms in total. The number of carbonyl (C=O) groups is 1. The third-order valence-electron chi connectivity index (χ3n) is 1.83. The van der Waals surface area contributed by atoms with Crippen molar-refractivity contribution < 1.29 is 9.32 Å². The van der Waals surface area contributed by atoms with Gasteiger partial charge in [-0.15, -0.1) is 0 Å². The molecule has 1 aromatic heterocycles. The summed E-state index contributed by atoms with van der Waals surface area (Å²) in [5.74, 6) is 0.306. The van der Waals surface area contributed by atoms with E-state index < -0.39 is 0 Å². The van der Waals surface area contributed by atoms with E-state index in [0.29, 0.717) is 23.0 Å². The van der Waals surface area contributed by atoms with Crippen LogP contribution in [0.1, 0.15) is 0 Å². The Labute approximate surface area is 90.8 Å². The predicted molar refractivity (Wildman–Crippen MR) is 56.6 cm³/mol. The summed E-state index contributed by atoms with van der Waals surface area (Å²) in [5, 5.41) is 6.79. The molecule has 0 fully saturated rings. The number of anilines is 1. The number of hydrogen-bond acceptors (Lipinski definition) is 3. The molecule has 15 heavy (non-hydrogen) atoms. The summed E-state index contributed by atoms with van der Waals surface area (Å²) in [7, 11) is 0. The number of nitrogens with zero attached hydrogens (tertiary/aromatic N) is 1. The van der Waals surface area contributed by atoms with Crippen molar-refractivity contribution in [3.63, 3.8) is 0 Å². The van der Waals surface area contributed by atoms with E-state index in [1.54, 1.807) is 18.2 Å². The molecule has 0 saturated heterocycles. The van der Waals surface area contributed by atoms with Crippen LogP contribution in [0.3, 0.4) is 0 Å². The van der Waals surface area contributed by atoms with Crippen LogP contribution in [0, 0.1) is 0 Å². The van der Waals surface area contributed by atoms with Crippen LogP contribution >= 0.6 is 11.6 Å². The van der Waals surface area contributed by atoms with Gasteiger partial charge in [-0.25, -0.2) is 0 Å². The molecule has 0 saturated carbocycles. The Balaban J connectivity index is 2.32. The second kappa shape index (κ2) is 4.14. The quantitative estimate of drug-likeness (QED) is 0.812. The Morgan fingerprint density at radius 2 is 2.27 bits per heavy atom. The first-order chi connectivity index (χ1) is 7.29. The van der Waals surface area contributed by atoms with Gasteiger partial charge in [0.05, 0.1) is 0 Å². The maximum Gasteiger partial charge on any atom is 0.231 e. The topological polar surface area (TPSA) is 55.1 Å². The van der Waals surface area contributed by atoms with Crippen LogP contribution in [0.2, 0.25) is 5.02 Å². The first-order valence-electron chi connectivity index (χ1n) is 4.22. The highest BCUT2D eigenvalue weighted by Crippen LogP contribution is 2.23. The normalized spacial score (nSPS) is 9.93. The van der Waals surface area contributed by atoms with Gasteiger partial charge in [0.15, 0.2) is 0 Å². The van der Waals surface area contributed by atoms with E-state index in [1.807, 2.05) is 12.1 Å². The highest BCUT2D eigenvalue weighted by molar-refractivity contribution is 6.30. The maximum atomic E-state index is 10.2. The number of nitrogens with one attached hydrogen (secondary N) is 1. The van der Waals surface area contributed by atoms with Crippen molar-refractivity contribution in [3.05, 3.63) is 35.4 Å². The van der Waals surface area contributed by atoms with E-state index in [2.05, 4.69) is 10.5 Å². The van der Waals surface area contributed by atoms with Crippen molar-refractivity contribution in [2.45, 2.75) is 0 Å². The molecule has 0 aliphatic carbocycles. The van der Waals surface area contributed by atoms with Crippen molar-refractivity contribution >= 4 is 23.9 Å². The lowest BCUT2D eigenvalue weighted by molar-refractivity contribution is -0.105. The molecule has 0 radical (unpaired) electrons. The zero-order valence-electron chi connectivity index (χ0n) is 7.61. The molecule has 0 atom stereocenters. The first-order valence-corrected chi connectivity index (χ1v) is 4.60. The summed E-state index contributed by atoms with van der Waals surface area (Å²) in [6, 6.07) is 8.84. The Kier molecular flexibility index (Phi) is 2.69. The van der Waals surface area contributed by atoms with Crippen molar-refractivity contribution in [2.24, 2.45) is 0 Å². The fourth-order valence-corrected chi connectivity index (χ4v) is 1.38. The van der Waals surface area contributed by atoms with Crippen LogP contribution in [-0.2, 0) is 4.79 Å². The maximum absolute atomic E-state index is 10.2. The first kappa shape index (κ1) is 9.73. The number of benzene rings is 1. The Morgan fingerprint density at radius 3 is 3.00 bits per heavy atom. The lowest BCUT2D eigenvalue weighted by atomic mass is 10.1. The molecule has 76 valence electrons. The fraction of sp³-hybridized carbons (Fsp3) is 0. The van der Waals surface area contributed by atoms with Gasteiger partial charge in [0, 0.05) is 16.7 Å². The number of aromatic nitrogens is 1. The fourth-order valence-electron chi connectivity index (χ4n) is 1.19. The van der Waals surface area contributed by atoms with Crippen LogP contribution in [0.25, 0.3) is 11.3 Å². The molecule has 0 bridgehead atoms. The summed E-state index contributed by atoms with van der Waals surface area (Å²) in [6.45, 7) is 0. The zero-order valence-corrected chi connectivity index (χ0v) is 8.36. The molecule has 1 heterocycles. The number of halogens is 1. The zero-order chi connectivity index (χ0) is 10.7. The smallest absolute Gasteiger partial charge is 0.231 e. The van der Waals surface area contributed by atoms with Crippen LogP contribution in [0.15, 0.2) is 34.9 Å². The lowest BCUT2D eigenvalue weighted by Crippen LogP contribution is -1.89. The van der Waals surface area contributed by atoms with Gasteiger partial charge >= 0.3 is 0 Å². The van der Waals surface area contributed by atoms with Crippen LogP contribution in [0.4, 0.5) is 5.88 Å². The summed E-state index contributed by atoms with van der Waals surface area (Å²) in [4.78, 5) is 10.2. The Bertz CT molecular complexity index is 482. The van der Waals surface area contributed by atoms with E-state index in [-0.39, 0.29) is 0 Å². The molecule has 0 aliphatic heterocycles. The molecule has 1 N–H and O–H groups in total. The summed E-state index contributed by atoms with van der Waals surface area (Å²) >= 11 is 5.83. The molecule has 2 rings (SSSR count). The van der Waals surface area contributed by atoms with Gasteiger partial charge in [-0.2, -0.15) is 0 Å². The number of hydrogen-bond donors (Lipinski definition) is 1. The number of carbonyl (C=O) groups excluding carboxylic acids is 1. The summed E-state index contributed by atoms with van der Waals surface area (Å²) in [6.07, 6.45) is 0.530. The SMILES string of the molecule is O=CNc1cc(-c2cccc(Cl)c2)no1. The van der Waals surface area contributed by atoms with Crippen LogP contribution in [-0.4, -0.2) is 11.6 Å². The minimum Gasteiger partial charge on any atom is -0.338 e. The second-order valence-electron chi connectivity index (χ2n) is 2.85. The van der Waals surface area contributed by atoms with Gasteiger partial charge < -0.3 is 4.52 Å². The van der Waals surface area contributed by atoms with Gasteiger partial charge in [0.2, 0.25) is 12.3 Å². The molecular formula is C10H7ClN2O2. The lowest BCUT2D eigenvalue weighted by Gasteiger charge is -1.94. The van der Waals surface area contributed by atoms with Crippen LogP contribution < -0.4 is 5.32 Å². The average Bonchev–Trinajstić information content (AvgIpc) is 2.67. The molecule has 1 aromatic carbocycles. The Morgan fingerprint density at radius 1 is 1.40 bits per heavy atom. The van der Waals surface area contributed by atoms with Crippen molar-refractivity contribution in [1.82, 2.24) is 5.16 Å². The molecule has 1 amide bonds. The summed E-state index contributed by atoms with van der Waals surface area (Å²) in [5.41, 5.74) is 1.46. The minimum absolute atomic E-state index is 0.306.